The second-order valence-corrected chi connectivity index (χ2v) is 3.42. The van der Waals surface area contributed by atoms with Crippen LogP contribution in [0.4, 0.5) is 0 Å². The third-order valence-corrected chi connectivity index (χ3v) is 1.88. The van der Waals surface area contributed by atoms with Gasteiger partial charge in [-0.15, -0.1) is 0 Å². The first-order valence-corrected chi connectivity index (χ1v) is 4.66. The first kappa shape index (κ1) is 10.3. The summed E-state index contributed by atoms with van der Waals surface area (Å²) in [4.78, 5) is 2.39. The van der Waals surface area contributed by atoms with E-state index in [2.05, 4.69) is 38.3 Å². The van der Waals surface area contributed by atoms with Crippen molar-refractivity contribution in [2.75, 3.05) is 13.1 Å². The Bertz CT molecular complexity index is 67.7. The Balaban J connectivity index is 3.50. The molecule has 62 valence electrons. The van der Waals surface area contributed by atoms with E-state index in [1.165, 1.54) is 25.9 Å². The molecule has 0 radical (unpaired) electrons. The Kier molecular flexibility index (Phi) is 6.24. The molecule has 0 aromatic heterocycles. The number of nitrogens with zero attached hydrogens (tertiary/aromatic N) is 1. The molecule has 0 amide bonds. The molecular weight excluding hydrogens is 142 g/mol. The molecule has 0 saturated heterocycles. The van der Waals surface area contributed by atoms with Gasteiger partial charge in [0.05, 0.1) is 0 Å². The third kappa shape index (κ3) is 4.18. The molecule has 2 heteroatoms. The molecule has 0 aromatic rings. The Hall–Kier alpha value is 0.310. The van der Waals surface area contributed by atoms with E-state index in [0.29, 0.717) is 5.37 Å². The lowest BCUT2D eigenvalue weighted by atomic mass is 10.3. The van der Waals surface area contributed by atoms with Crippen molar-refractivity contribution in [1.29, 1.82) is 0 Å². The predicted octanol–water partition coefficient (Wildman–Crippen LogP) is 2.38. The molecule has 1 unspecified atom stereocenters. The smallest absolute Gasteiger partial charge is 0.0499 e. The van der Waals surface area contributed by atoms with Gasteiger partial charge in [0, 0.05) is 5.37 Å². The standard InChI is InChI=1S/C8H19NS/c1-4-6-9(7-5-2)8(3)10/h8,10H,4-7H2,1-3H3. The Morgan fingerprint density at radius 3 is 1.80 bits per heavy atom. The lowest BCUT2D eigenvalue weighted by molar-refractivity contribution is 0.269. The van der Waals surface area contributed by atoms with Gasteiger partial charge in [-0.2, -0.15) is 12.6 Å². The maximum atomic E-state index is 4.39. The molecule has 0 aliphatic carbocycles. The van der Waals surface area contributed by atoms with Crippen molar-refractivity contribution in [3.63, 3.8) is 0 Å². The van der Waals surface area contributed by atoms with Crippen LogP contribution in [0.15, 0.2) is 0 Å². The highest BCUT2D eigenvalue weighted by atomic mass is 32.1. The average Bonchev–Trinajstić information content (AvgIpc) is 1.87. The second-order valence-electron chi connectivity index (χ2n) is 2.67. The molecule has 0 spiro atoms. The summed E-state index contributed by atoms with van der Waals surface area (Å²) in [5.74, 6) is 0. The normalized spacial score (nSPS) is 14.1. The summed E-state index contributed by atoms with van der Waals surface area (Å²) in [6.07, 6.45) is 2.45. The molecule has 0 N–H and O–H groups in total. The van der Waals surface area contributed by atoms with Gasteiger partial charge in [0.1, 0.15) is 0 Å². The highest BCUT2D eigenvalue weighted by Crippen LogP contribution is 2.04. The van der Waals surface area contributed by atoms with Gasteiger partial charge in [0.2, 0.25) is 0 Å². The monoisotopic (exact) mass is 161 g/mol. The molecule has 0 aliphatic rings. The maximum Gasteiger partial charge on any atom is 0.0499 e. The van der Waals surface area contributed by atoms with Crippen molar-refractivity contribution < 1.29 is 0 Å². The van der Waals surface area contributed by atoms with Crippen LogP contribution in [0.3, 0.4) is 0 Å². The van der Waals surface area contributed by atoms with Crippen molar-refractivity contribution in [1.82, 2.24) is 4.90 Å². The summed E-state index contributed by atoms with van der Waals surface area (Å²) in [5.41, 5.74) is 0. The van der Waals surface area contributed by atoms with Crippen molar-refractivity contribution >= 4 is 12.6 Å². The number of hydrogen-bond acceptors (Lipinski definition) is 2. The van der Waals surface area contributed by atoms with Gasteiger partial charge in [-0.25, -0.2) is 0 Å². The fourth-order valence-corrected chi connectivity index (χ4v) is 1.29. The minimum atomic E-state index is 0.417. The quantitative estimate of drug-likeness (QED) is 0.478. The zero-order valence-corrected chi connectivity index (χ0v) is 8.19. The molecule has 10 heavy (non-hydrogen) atoms. The molecule has 0 heterocycles. The van der Waals surface area contributed by atoms with Gasteiger partial charge in [0.25, 0.3) is 0 Å². The van der Waals surface area contributed by atoms with E-state index in [9.17, 15) is 0 Å². The van der Waals surface area contributed by atoms with E-state index in [4.69, 9.17) is 0 Å². The SMILES string of the molecule is CCCN(CCC)C(C)S. The van der Waals surface area contributed by atoms with E-state index in [1.54, 1.807) is 0 Å². The molecule has 0 rings (SSSR count). The average molecular weight is 161 g/mol. The van der Waals surface area contributed by atoms with Crippen LogP contribution in [0.5, 0.6) is 0 Å². The van der Waals surface area contributed by atoms with Crippen molar-refractivity contribution in [2.24, 2.45) is 0 Å². The topological polar surface area (TPSA) is 3.24 Å². The Labute approximate surface area is 70.2 Å². The lowest BCUT2D eigenvalue weighted by Crippen LogP contribution is -2.30. The number of hydrogen-bond donors (Lipinski definition) is 1. The van der Waals surface area contributed by atoms with Gasteiger partial charge >= 0.3 is 0 Å². The van der Waals surface area contributed by atoms with Gasteiger partial charge < -0.3 is 0 Å². The van der Waals surface area contributed by atoms with E-state index in [1.807, 2.05) is 0 Å². The van der Waals surface area contributed by atoms with Gasteiger partial charge in [0.15, 0.2) is 0 Å². The third-order valence-electron chi connectivity index (χ3n) is 1.55. The molecule has 0 aliphatic heterocycles. The summed E-state index contributed by atoms with van der Waals surface area (Å²) in [7, 11) is 0. The van der Waals surface area contributed by atoms with Crippen LogP contribution >= 0.6 is 12.6 Å². The van der Waals surface area contributed by atoms with Crippen LogP contribution in [0.25, 0.3) is 0 Å². The minimum Gasteiger partial charge on any atom is -0.292 e. The first-order valence-electron chi connectivity index (χ1n) is 4.14. The molecule has 1 nitrogen and oxygen atoms in total. The molecule has 0 bridgehead atoms. The number of thiol groups is 1. The molecule has 0 saturated carbocycles. The Morgan fingerprint density at radius 2 is 1.60 bits per heavy atom. The molecule has 1 atom stereocenters. The van der Waals surface area contributed by atoms with Crippen LogP contribution in [0, 0.1) is 0 Å². The van der Waals surface area contributed by atoms with Gasteiger partial charge in [-0.05, 0) is 32.9 Å². The summed E-state index contributed by atoms with van der Waals surface area (Å²) in [5, 5.41) is 0.417. The van der Waals surface area contributed by atoms with Crippen molar-refractivity contribution in [3.8, 4) is 0 Å². The summed E-state index contributed by atoms with van der Waals surface area (Å²) >= 11 is 4.39. The number of rotatable bonds is 5. The van der Waals surface area contributed by atoms with E-state index in [0.717, 1.165) is 0 Å². The summed E-state index contributed by atoms with van der Waals surface area (Å²) in [6.45, 7) is 8.91. The largest absolute Gasteiger partial charge is 0.292 e. The molecule has 0 aromatic carbocycles. The first-order chi connectivity index (χ1) is 4.72. The zero-order valence-electron chi connectivity index (χ0n) is 7.30. The highest BCUT2D eigenvalue weighted by Gasteiger charge is 2.05. The lowest BCUT2D eigenvalue weighted by Gasteiger charge is -2.24. The van der Waals surface area contributed by atoms with Crippen molar-refractivity contribution in [3.05, 3.63) is 0 Å². The van der Waals surface area contributed by atoms with Crippen LogP contribution in [-0.2, 0) is 0 Å². The fourth-order valence-electron chi connectivity index (χ4n) is 1.06. The van der Waals surface area contributed by atoms with Crippen LogP contribution in [-0.4, -0.2) is 23.4 Å². The van der Waals surface area contributed by atoms with Gasteiger partial charge in [-0.3, -0.25) is 4.90 Å². The Morgan fingerprint density at radius 1 is 1.20 bits per heavy atom. The van der Waals surface area contributed by atoms with Crippen LogP contribution in [0.1, 0.15) is 33.6 Å². The fraction of sp³-hybridized carbons (Fsp3) is 1.00. The van der Waals surface area contributed by atoms with E-state index >= 15 is 0 Å². The van der Waals surface area contributed by atoms with E-state index in [-0.39, 0.29) is 0 Å². The van der Waals surface area contributed by atoms with Gasteiger partial charge in [-0.1, -0.05) is 13.8 Å². The van der Waals surface area contributed by atoms with E-state index < -0.39 is 0 Å². The molecule has 0 fully saturated rings. The summed E-state index contributed by atoms with van der Waals surface area (Å²) < 4.78 is 0. The highest BCUT2D eigenvalue weighted by molar-refractivity contribution is 7.80. The van der Waals surface area contributed by atoms with Crippen LogP contribution in [0.2, 0.25) is 0 Å². The predicted molar refractivity (Wildman–Crippen MR) is 50.6 cm³/mol. The zero-order chi connectivity index (χ0) is 7.98. The van der Waals surface area contributed by atoms with Crippen molar-refractivity contribution in [2.45, 2.75) is 39.0 Å². The summed E-state index contributed by atoms with van der Waals surface area (Å²) in [6, 6.07) is 0. The minimum absolute atomic E-state index is 0.417. The maximum absolute atomic E-state index is 4.39. The molecular formula is C8H19NS. The second kappa shape index (κ2) is 6.05. The van der Waals surface area contributed by atoms with Crippen LogP contribution < -0.4 is 0 Å².